The molecule has 5 aromatic rings. The van der Waals surface area contributed by atoms with Crippen molar-refractivity contribution >= 4 is 34.9 Å². The lowest BCUT2D eigenvalue weighted by Crippen LogP contribution is -2.04. The van der Waals surface area contributed by atoms with Gasteiger partial charge >= 0.3 is 0 Å². The number of para-hydroxylation sites is 1. The van der Waals surface area contributed by atoms with E-state index in [1.807, 2.05) is 92.0 Å². The van der Waals surface area contributed by atoms with Crippen LogP contribution in [-0.4, -0.2) is 25.0 Å². The summed E-state index contributed by atoms with van der Waals surface area (Å²) in [5.41, 5.74) is 5.67. The predicted octanol–water partition coefficient (Wildman–Crippen LogP) is 6.65. The molecule has 0 saturated carbocycles. The molecule has 0 aliphatic heterocycles. The first-order valence-electron chi connectivity index (χ1n) is 11.6. The second-order valence-corrected chi connectivity index (χ2v) is 9.70. The summed E-state index contributed by atoms with van der Waals surface area (Å²) in [6, 6.07) is 27.5. The highest BCUT2D eigenvalue weighted by Gasteiger charge is 2.17. The van der Waals surface area contributed by atoms with Crippen molar-refractivity contribution < 1.29 is 0 Å². The predicted molar refractivity (Wildman–Crippen MR) is 147 cm³/mol. The maximum atomic E-state index is 10.0. The minimum atomic E-state index is 0.396. The van der Waals surface area contributed by atoms with Crippen LogP contribution in [0.4, 0.5) is 11.5 Å². The minimum Gasteiger partial charge on any atom is -0.339 e. The number of hydrogen-bond donors (Lipinski definition) is 1. The fraction of sp³-hybridized carbons (Fsp3) is 0.107. The Labute approximate surface area is 224 Å². The Hall–Kier alpha value is -4.19. The Morgan fingerprint density at radius 3 is 2.49 bits per heavy atom. The number of aryl methyl sites for hydroxylation is 1. The number of halogens is 1. The van der Waals surface area contributed by atoms with E-state index in [9.17, 15) is 5.26 Å². The van der Waals surface area contributed by atoms with E-state index >= 15 is 0 Å². The molecule has 182 valence electrons. The van der Waals surface area contributed by atoms with E-state index in [0.717, 1.165) is 28.1 Å². The lowest BCUT2D eigenvalue weighted by Gasteiger charge is -2.14. The van der Waals surface area contributed by atoms with E-state index in [1.165, 1.54) is 11.8 Å². The van der Waals surface area contributed by atoms with E-state index in [2.05, 4.69) is 21.7 Å². The average molecular weight is 524 g/mol. The van der Waals surface area contributed by atoms with Gasteiger partial charge in [0, 0.05) is 28.2 Å². The number of thioether (sulfide) groups is 1. The summed E-state index contributed by atoms with van der Waals surface area (Å²) in [7, 11) is 0. The van der Waals surface area contributed by atoms with Gasteiger partial charge in [0.15, 0.2) is 11.0 Å². The fourth-order valence-electron chi connectivity index (χ4n) is 3.74. The Morgan fingerprint density at radius 1 is 0.973 bits per heavy atom. The molecule has 0 amide bonds. The van der Waals surface area contributed by atoms with Crippen molar-refractivity contribution in [3.05, 3.63) is 112 Å². The van der Waals surface area contributed by atoms with E-state index in [-0.39, 0.29) is 0 Å². The number of benzene rings is 3. The minimum absolute atomic E-state index is 0.396. The maximum Gasteiger partial charge on any atom is 0.190 e. The van der Waals surface area contributed by atoms with E-state index < -0.39 is 0 Å². The Bertz CT molecular complexity index is 1560. The van der Waals surface area contributed by atoms with Gasteiger partial charge in [-0.1, -0.05) is 89.2 Å². The first-order chi connectivity index (χ1) is 18.1. The molecule has 2 heterocycles. The smallest absolute Gasteiger partial charge is 0.190 e. The fourth-order valence-corrected chi connectivity index (χ4v) is 4.59. The molecule has 7 nitrogen and oxygen atoms in total. The summed E-state index contributed by atoms with van der Waals surface area (Å²) >= 11 is 7.43. The number of nitriles is 1. The van der Waals surface area contributed by atoms with Crippen molar-refractivity contribution in [2.75, 3.05) is 5.32 Å². The van der Waals surface area contributed by atoms with Gasteiger partial charge in [0.1, 0.15) is 11.6 Å². The molecule has 0 radical (unpaired) electrons. The lowest BCUT2D eigenvalue weighted by atomic mass is 10.1. The standard InChI is InChI=1S/C28H22ClN7S/c1-19-7-5-6-10-25(19)31-27-24(15-30)26(21-8-3-2-4-9-21)32-28(33-27)37-18-23-17-36(35-34-23)16-20-11-13-22(29)14-12-20/h2-14,17H,16,18H2,1H3,(H,31,32,33). The van der Waals surface area contributed by atoms with Gasteiger partial charge in [-0.2, -0.15) is 5.26 Å². The van der Waals surface area contributed by atoms with E-state index in [4.69, 9.17) is 21.6 Å². The molecule has 0 spiro atoms. The van der Waals surface area contributed by atoms with Crippen molar-refractivity contribution in [2.24, 2.45) is 0 Å². The molecule has 0 unspecified atom stereocenters. The molecule has 1 N–H and O–H groups in total. The number of hydrogen-bond acceptors (Lipinski definition) is 7. The van der Waals surface area contributed by atoms with Crippen LogP contribution < -0.4 is 5.32 Å². The van der Waals surface area contributed by atoms with Crippen LogP contribution in [0, 0.1) is 18.3 Å². The molecule has 0 saturated heterocycles. The van der Waals surface area contributed by atoms with Gasteiger partial charge in [0.2, 0.25) is 0 Å². The van der Waals surface area contributed by atoms with Crippen molar-refractivity contribution in [1.29, 1.82) is 5.26 Å². The summed E-state index contributed by atoms with van der Waals surface area (Å²) in [6.07, 6.45) is 1.91. The van der Waals surface area contributed by atoms with Gasteiger partial charge in [0.25, 0.3) is 0 Å². The molecule has 0 aliphatic carbocycles. The molecular weight excluding hydrogens is 502 g/mol. The highest BCUT2D eigenvalue weighted by molar-refractivity contribution is 7.98. The second-order valence-electron chi connectivity index (χ2n) is 8.32. The largest absolute Gasteiger partial charge is 0.339 e. The van der Waals surface area contributed by atoms with Gasteiger partial charge < -0.3 is 5.32 Å². The molecule has 3 aromatic carbocycles. The van der Waals surface area contributed by atoms with E-state index in [1.54, 1.807) is 4.68 Å². The van der Waals surface area contributed by atoms with Crippen LogP contribution in [-0.2, 0) is 12.3 Å². The average Bonchev–Trinajstić information content (AvgIpc) is 3.37. The Balaban J connectivity index is 1.41. The quantitative estimate of drug-likeness (QED) is 0.180. The SMILES string of the molecule is Cc1ccccc1Nc1nc(SCc2cn(Cc3ccc(Cl)cc3)nn2)nc(-c2ccccc2)c1C#N. The summed E-state index contributed by atoms with van der Waals surface area (Å²) < 4.78 is 1.79. The number of nitrogens with one attached hydrogen (secondary N) is 1. The molecule has 2 aromatic heterocycles. The Kier molecular flexibility index (Phi) is 7.45. The number of nitrogens with zero attached hydrogens (tertiary/aromatic N) is 6. The monoisotopic (exact) mass is 523 g/mol. The molecule has 0 aliphatic rings. The number of rotatable bonds is 8. The normalized spacial score (nSPS) is 10.7. The van der Waals surface area contributed by atoms with Crippen LogP contribution in [0.2, 0.25) is 5.02 Å². The van der Waals surface area contributed by atoms with Crippen LogP contribution in [0.1, 0.15) is 22.4 Å². The third kappa shape index (κ3) is 5.97. The van der Waals surface area contributed by atoms with Gasteiger partial charge in [-0.15, -0.1) is 5.10 Å². The molecule has 5 rings (SSSR count). The first-order valence-corrected chi connectivity index (χ1v) is 12.9. The summed E-state index contributed by atoms with van der Waals surface area (Å²) in [5, 5.41) is 23.2. The highest BCUT2D eigenvalue weighted by Crippen LogP contribution is 2.32. The third-order valence-corrected chi connectivity index (χ3v) is 6.77. The van der Waals surface area contributed by atoms with E-state index in [0.29, 0.717) is 39.6 Å². The van der Waals surface area contributed by atoms with Gasteiger partial charge in [-0.25, -0.2) is 14.6 Å². The summed E-state index contributed by atoms with van der Waals surface area (Å²) in [6.45, 7) is 2.61. The molecule has 0 atom stereocenters. The van der Waals surface area contributed by atoms with Gasteiger partial charge in [-0.3, -0.25) is 0 Å². The maximum absolute atomic E-state index is 10.0. The zero-order valence-corrected chi connectivity index (χ0v) is 21.5. The second kappa shape index (κ2) is 11.2. The number of anilines is 2. The molecule has 9 heteroatoms. The van der Waals surface area contributed by atoms with Gasteiger partial charge in [0.05, 0.1) is 17.9 Å². The zero-order chi connectivity index (χ0) is 25.6. The zero-order valence-electron chi connectivity index (χ0n) is 20.0. The lowest BCUT2D eigenvalue weighted by molar-refractivity contribution is 0.649. The molecule has 37 heavy (non-hydrogen) atoms. The van der Waals surface area contributed by atoms with Crippen LogP contribution in [0.15, 0.2) is 90.2 Å². The number of aromatic nitrogens is 5. The summed E-state index contributed by atoms with van der Waals surface area (Å²) in [5.74, 6) is 1.00. The highest BCUT2D eigenvalue weighted by atomic mass is 35.5. The van der Waals surface area contributed by atoms with Crippen molar-refractivity contribution in [3.63, 3.8) is 0 Å². The van der Waals surface area contributed by atoms with Crippen LogP contribution >= 0.6 is 23.4 Å². The van der Waals surface area contributed by atoms with Gasteiger partial charge in [-0.05, 0) is 36.2 Å². The van der Waals surface area contributed by atoms with Crippen LogP contribution in [0.5, 0.6) is 0 Å². The topological polar surface area (TPSA) is 92.3 Å². The van der Waals surface area contributed by atoms with Crippen molar-refractivity contribution in [2.45, 2.75) is 24.4 Å². The van der Waals surface area contributed by atoms with Crippen molar-refractivity contribution in [1.82, 2.24) is 25.0 Å². The molecule has 0 fully saturated rings. The van der Waals surface area contributed by atoms with Crippen LogP contribution in [0.25, 0.3) is 11.3 Å². The molecular formula is C28H22ClN7S. The summed E-state index contributed by atoms with van der Waals surface area (Å²) in [4.78, 5) is 9.47. The van der Waals surface area contributed by atoms with Crippen LogP contribution in [0.3, 0.4) is 0 Å². The van der Waals surface area contributed by atoms with Crippen molar-refractivity contribution in [3.8, 4) is 17.3 Å². The molecule has 0 bridgehead atoms. The third-order valence-electron chi connectivity index (χ3n) is 5.64. The Morgan fingerprint density at radius 2 is 1.73 bits per heavy atom. The first kappa shape index (κ1) is 24.5.